The molecule has 134 valence electrons. The van der Waals surface area contributed by atoms with Crippen molar-refractivity contribution in [3.8, 4) is 5.69 Å². The number of nitrogens with zero attached hydrogens (tertiary/aromatic N) is 5. The summed E-state index contributed by atoms with van der Waals surface area (Å²) in [5.41, 5.74) is 2.59. The van der Waals surface area contributed by atoms with Crippen molar-refractivity contribution in [2.45, 2.75) is 12.7 Å². The summed E-state index contributed by atoms with van der Waals surface area (Å²) in [5, 5.41) is 10.9. The zero-order valence-corrected chi connectivity index (χ0v) is 13.0. The Balaban J connectivity index is 2.14. The van der Waals surface area contributed by atoms with Crippen molar-refractivity contribution in [1.29, 1.82) is 0 Å². The fourth-order valence-corrected chi connectivity index (χ4v) is 2.39. The minimum atomic E-state index is -4.82. The van der Waals surface area contributed by atoms with Crippen molar-refractivity contribution in [3.05, 3.63) is 69.9 Å². The van der Waals surface area contributed by atoms with Crippen molar-refractivity contribution < 1.29 is 18.0 Å². The number of hydrogen-bond acceptors (Lipinski definition) is 5. The molecule has 0 spiro atoms. The van der Waals surface area contributed by atoms with Gasteiger partial charge in [0.05, 0.1) is 12.2 Å². The van der Waals surface area contributed by atoms with Gasteiger partial charge in [0.1, 0.15) is 11.3 Å². The van der Waals surface area contributed by atoms with E-state index in [0.717, 1.165) is 6.07 Å². The van der Waals surface area contributed by atoms with Crippen LogP contribution < -0.4 is 11.3 Å². The number of pyridine rings is 1. The van der Waals surface area contributed by atoms with Crippen LogP contribution >= 0.6 is 0 Å². The van der Waals surface area contributed by atoms with Crippen LogP contribution in [0.1, 0.15) is 21.9 Å². The summed E-state index contributed by atoms with van der Waals surface area (Å²) in [5.74, 6) is -1.15. The molecule has 3 rings (SSSR count). The third-order valence-electron chi connectivity index (χ3n) is 3.56. The molecule has 1 aromatic carbocycles. The predicted octanol–water partition coefficient (Wildman–Crippen LogP) is 0.990. The molecule has 11 heteroatoms. The Kier molecular flexibility index (Phi) is 4.28. The molecule has 0 atom stereocenters. The summed E-state index contributed by atoms with van der Waals surface area (Å²) in [6, 6.07) is 9.81. The summed E-state index contributed by atoms with van der Waals surface area (Å²) in [6.45, 7) is -0.601. The van der Waals surface area contributed by atoms with Gasteiger partial charge in [-0.15, -0.1) is 5.10 Å². The monoisotopic (exact) mass is 364 g/mol. The SMILES string of the molecule is NC(=O)c1ccc(C(F)(F)F)n(Cc2nnnn2-c2ccccc2)c1=O. The second kappa shape index (κ2) is 6.43. The van der Waals surface area contributed by atoms with E-state index >= 15 is 0 Å². The Morgan fingerprint density at radius 1 is 1.12 bits per heavy atom. The van der Waals surface area contributed by atoms with E-state index < -0.39 is 35.4 Å². The lowest BCUT2D eigenvalue weighted by atomic mass is 10.2. The van der Waals surface area contributed by atoms with Crippen LogP contribution in [0, 0.1) is 0 Å². The molecule has 3 aromatic rings. The van der Waals surface area contributed by atoms with Gasteiger partial charge in [0, 0.05) is 0 Å². The van der Waals surface area contributed by atoms with E-state index in [2.05, 4.69) is 15.5 Å². The molecule has 8 nitrogen and oxygen atoms in total. The maximum absolute atomic E-state index is 13.3. The quantitative estimate of drug-likeness (QED) is 0.743. The van der Waals surface area contributed by atoms with Crippen LogP contribution in [0.15, 0.2) is 47.3 Å². The van der Waals surface area contributed by atoms with Crippen molar-refractivity contribution in [2.75, 3.05) is 0 Å². The third-order valence-corrected chi connectivity index (χ3v) is 3.56. The summed E-state index contributed by atoms with van der Waals surface area (Å²) in [4.78, 5) is 23.6. The highest BCUT2D eigenvalue weighted by atomic mass is 19.4. The largest absolute Gasteiger partial charge is 0.431 e. The topological polar surface area (TPSA) is 109 Å². The number of carbonyl (C=O) groups is 1. The van der Waals surface area contributed by atoms with Gasteiger partial charge in [0.15, 0.2) is 5.82 Å². The lowest BCUT2D eigenvalue weighted by Crippen LogP contribution is -2.34. The molecular weight excluding hydrogens is 353 g/mol. The Hall–Kier alpha value is -3.50. The van der Waals surface area contributed by atoms with E-state index in [1.165, 1.54) is 4.68 Å². The molecule has 0 radical (unpaired) electrons. The first-order chi connectivity index (χ1) is 12.3. The summed E-state index contributed by atoms with van der Waals surface area (Å²) >= 11 is 0. The minimum Gasteiger partial charge on any atom is -0.365 e. The first-order valence-corrected chi connectivity index (χ1v) is 7.22. The van der Waals surface area contributed by atoms with Crippen molar-refractivity contribution in [2.24, 2.45) is 5.73 Å². The molecule has 2 aromatic heterocycles. The highest BCUT2D eigenvalue weighted by molar-refractivity contribution is 5.92. The maximum Gasteiger partial charge on any atom is 0.431 e. The highest BCUT2D eigenvalue weighted by Gasteiger charge is 2.35. The van der Waals surface area contributed by atoms with Crippen LogP contribution in [0.2, 0.25) is 0 Å². The Labute approximate surface area is 143 Å². The molecule has 0 aliphatic carbocycles. The van der Waals surface area contributed by atoms with E-state index in [1.54, 1.807) is 30.3 Å². The minimum absolute atomic E-state index is 0.0228. The van der Waals surface area contributed by atoms with E-state index in [9.17, 15) is 22.8 Å². The number of carbonyl (C=O) groups excluding carboxylic acids is 1. The molecule has 1 amide bonds. The van der Waals surface area contributed by atoms with E-state index in [1.807, 2.05) is 0 Å². The van der Waals surface area contributed by atoms with Crippen LogP contribution in [0.4, 0.5) is 13.2 Å². The normalized spacial score (nSPS) is 11.5. The lowest BCUT2D eigenvalue weighted by Gasteiger charge is -2.15. The number of benzene rings is 1. The van der Waals surface area contributed by atoms with Crippen molar-refractivity contribution in [3.63, 3.8) is 0 Å². The van der Waals surface area contributed by atoms with Gasteiger partial charge in [-0.1, -0.05) is 18.2 Å². The van der Waals surface area contributed by atoms with Gasteiger partial charge in [-0.05, 0) is 34.7 Å². The first kappa shape index (κ1) is 17.3. The molecule has 0 aliphatic rings. The third kappa shape index (κ3) is 3.18. The highest BCUT2D eigenvalue weighted by Crippen LogP contribution is 2.28. The predicted molar refractivity (Wildman–Crippen MR) is 82.5 cm³/mol. The number of para-hydroxylation sites is 1. The number of halogens is 3. The average Bonchev–Trinajstić information content (AvgIpc) is 3.04. The zero-order chi connectivity index (χ0) is 18.9. The van der Waals surface area contributed by atoms with E-state index in [0.29, 0.717) is 16.3 Å². The van der Waals surface area contributed by atoms with Crippen LogP contribution in [-0.4, -0.2) is 30.7 Å². The number of hydrogen-bond donors (Lipinski definition) is 1. The fourth-order valence-electron chi connectivity index (χ4n) is 2.39. The number of nitrogens with two attached hydrogens (primary N) is 1. The van der Waals surface area contributed by atoms with Crippen molar-refractivity contribution in [1.82, 2.24) is 24.8 Å². The molecule has 2 heterocycles. The molecule has 0 unspecified atom stereocenters. The van der Waals surface area contributed by atoms with Gasteiger partial charge in [-0.25, -0.2) is 0 Å². The second-order valence-electron chi connectivity index (χ2n) is 5.23. The molecule has 0 aliphatic heterocycles. The number of aromatic nitrogens is 5. The van der Waals surface area contributed by atoms with Gasteiger partial charge in [-0.3, -0.25) is 14.2 Å². The number of amides is 1. The molecule has 0 fully saturated rings. The standard InChI is InChI=1S/C15H11F3N6O2/c16-15(17,18)11-7-6-10(13(19)25)14(26)23(11)8-12-20-21-22-24(12)9-4-2-1-3-5-9/h1-7H,8H2,(H2,19,25). The molecular formula is C15H11F3N6O2. The molecule has 26 heavy (non-hydrogen) atoms. The number of rotatable bonds is 4. The van der Waals surface area contributed by atoms with E-state index in [4.69, 9.17) is 5.73 Å². The second-order valence-corrected chi connectivity index (χ2v) is 5.23. The van der Waals surface area contributed by atoms with Crippen LogP contribution in [-0.2, 0) is 12.7 Å². The fraction of sp³-hybridized carbons (Fsp3) is 0.133. The average molecular weight is 364 g/mol. The summed E-state index contributed by atoms with van der Waals surface area (Å²) < 4.78 is 41.4. The Morgan fingerprint density at radius 2 is 1.81 bits per heavy atom. The van der Waals surface area contributed by atoms with E-state index in [-0.39, 0.29) is 5.82 Å². The number of primary amides is 1. The Morgan fingerprint density at radius 3 is 2.42 bits per heavy atom. The van der Waals surface area contributed by atoms with Gasteiger partial charge in [0.25, 0.3) is 11.5 Å². The van der Waals surface area contributed by atoms with Gasteiger partial charge >= 0.3 is 6.18 Å². The summed E-state index contributed by atoms with van der Waals surface area (Å²) in [7, 11) is 0. The molecule has 2 N–H and O–H groups in total. The number of alkyl halides is 3. The smallest absolute Gasteiger partial charge is 0.365 e. The first-order valence-electron chi connectivity index (χ1n) is 7.22. The molecule has 0 bridgehead atoms. The lowest BCUT2D eigenvalue weighted by molar-refractivity contribution is -0.144. The number of tetrazole rings is 1. The molecule has 0 saturated carbocycles. The molecule has 0 saturated heterocycles. The van der Waals surface area contributed by atoms with Gasteiger partial charge < -0.3 is 5.73 Å². The zero-order valence-electron chi connectivity index (χ0n) is 13.0. The Bertz CT molecular complexity index is 1010. The van der Waals surface area contributed by atoms with Crippen LogP contribution in [0.3, 0.4) is 0 Å². The van der Waals surface area contributed by atoms with Crippen molar-refractivity contribution >= 4 is 5.91 Å². The van der Waals surface area contributed by atoms with Crippen LogP contribution in [0.5, 0.6) is 0 Å². The maximum atomic E-state index is 13.3. The van der Waals surface area contributed by atoms with Gasteiger partial charge in [0.2, 0.25) is 0 Å². The van der Waals surface area contributed by atoms with Gasteiger partial charge in [-0.2, -0.15) is 17.9 Å². The van der Waals surface area contributed by atoms with Crippen LogP contribution in [0.25, 0.3) is 5.69 Å². The summed E-state index contributed by atoms with van der Waals surface area (Å²) in [6.07, 6.45) is -4.82.